The number of nitrogens with zero attached hydrogens (tertiary/aromatic N) is 1. The van der Waals surface area contributed by atoms with Crippen LogP contribution in [0.5, 0.6) is 5.75 Å². The van der Waals surface area contributed by atoms with Crippen LogP contribution in [0.1, 0.15) is 31.6 Å². The largest absolute Gasteiger partial charge is 0.492 e. The van der Waals surface area contributed by atoms with Gasteiger partial charge in [0.25, 0.3) is 0 Å². The molecule has 0 heterocycles. The molecule has 4 nitrogen and oxygen atoms in total. The Morgan fingerprint density at radius 2 is 1.70 bits per heavy atom. The lowest BCUT2D eigenvalue weighted by Gasteiger charge is -2.25. The van der Waals surface area contributed by atoms with Crippen LogP contribution in [0.15, 0.2) is 54.6 Å². The van der Waals surface area contributed by atoms with Gasteiger partial charge in [0.05, 0.1) is 12.3 Å². The third kappa shape index (κ3) is 5.97. The van der Waals surface area contributed by atoms with E-state index in [1.807, 2.05) is 61.5 Å². The number of anilines is 1. The Bertz CT molecular complexity index is 749. The highest BCUT2D eigenvalue weighted by Gasteiger charge is 2.25. The minimum atomic E-state index is -0.436. The molecule has 2 aromatic carbocycles. The van der Waals surface area contributed by atoms with Gasteiger partial charge >= 0.3 is 0 Å². The molecule has 0 aliphatic carbocycles. The first-order valence-electron chi connectivity index (χ1n) is 9.13. The number of carbonyl (C=O) groups excluding carboxylic acids is 1. The molecule has 0 unspecified atom stereocenters. The summed E-state index contributed by atoms with van der Waals surface area (Å²) in [5, 5.41) is 2.58. The number of nitrogens with one attached hydrogen (secondary N) is 1. The van der Waals surface area contributed by atoms with Crippen LogP contribution >= 0.6 is 24.0 Å². The van der Waals surface area contributed by atoms with Gasteiger partial charge < -0.3 is 15.0 Å². The Labute approximate surface area is 171 Å². The van der Waals surface area contributed by atoms with E-state index in [1.54, 1.807) is 0 Å². The summed E-state index contributed by atoms with van der Waals surface area (Å²) >= 11 is 6.99. The fraction of sp³-hybridized carbons (Fsp3) is 0.333. The average molecular weight is 403 g/mol. The minimum Gasteiger partial charge on any atom is -0.492 e. The molecule has 0 bridgehead atoms. The van der Waals surface area contributed by atoms with E-state index in [0.717, 1.165) is 23.0 Å². The minimum absolute atomic E-state index is 0.118. The molecule has 1 atom stereocenters. The smallest absolute Gasteiger partial charge is 0.242 e. The normalized spacial score (nSPS) is 11.5. The van der Waals surface area contributed by atoms with E-state index < -0.39 is 5.25 Å². The summed E-state index contributed by atoms with van der Waals surface area (Å²) < 4.78 is 6.35. The summed E-state index contributed by atoms with van der Waals surface area (Å²) in [6.45, 7) is 8.22. The topological polar surface area (TPSA) is 41.6 Å². The molecule has 1 amide bonds. The summed E-state index contributed by atoms with van der Waals surface area (Å²) in [5.74, 6) is 0.546. The lowest BCUT2D eigenvalue weighted by atomic mass is 10.1. The SMILES string of the molecule is CCOc1ccccc1NC(=O)[C@@H](SC(=S)N(CC)CC)c1ccccc1. The van der Waals surface area contributed by atoms with E-state index in [9.17, 15) is 4.79 Å². The Kier molecular flexibility index (Phi) is 8.61. The van der Waals surface area contributed by atoms with E-state index in [-0.39, 0.29) is 5.91 Å². The van der Waals surface area contributed by atoms with E-state index >= 15 is 0 Å². The van der Waals surface area contributed by atoms with E-state index in [0.29, 0.717) is 18.0 Å². The first kappa shape index (κ1) is 21.3. The molecule has 0 spiro atoms. The first-order valence-corrected chi connectivity index (χ1v) is 10.4. The predicted octanol–water partition coefficient (Wildman–Crippen LogP) is 5.13. The fourth-order valence-corrected chi connectivity index (χ4v) is 4.22. The number of amides is 1. The van der Waals surface area contributed by atoms with Crippen molar-refractivity contribution in [3.63, 3.8) is 0 Å². The molecule has 0 aromatic heterocycles. The maximum Gasteiger partial charge on any atom is 0.242 e. The third-order valence-electron chi connectivity index (χ3n) is 4.03. The van der Waals surface area contributed by atoms with Crippen molar-refractivity contribution in [3.8, 4) is 5.75 Å². The van der Waals surface area contributed by atoms with Crippen LogP contribution in [0.25, 0.3) is 0 Å². The van der Waals surface area contributed by atoms with Gasteiger partial charge in [-0.2, -0.15) is 0 Å². The van der Waals surface area contributed by atoms with Crippen molar-refractivity contribution in [1.29, 1.82) is 0 Å². The van der Waals surface area contributed by atoms with Crippen LogP contribution < -0.4 is 10.1 Å². The van der Waals surface area contributed by atoms with Gasteiger partial charge in [0.2, 0.25) is 5.91 Å². The molecule has 0 saturated heterocycles. The van der Waals surface area contributed by atoms with Crippen LogP contribution in [0, 0.1) is 0 Å². The van der Waals surface area contributed by atoms with Gasteiger partial charge in [0.1, 0.15) is 15.3 Å². The molecule has 1 N–H and O–H groups in total. The molecule has 2 aromatic rings. The predicted molar refractivity (Wildman–Crippen MR) is 119 cm³/mol. The van der Waals surface area contributed by atoms with Crippen molar-refractivity contribution in [3.05, 3.63) is 60.2 Å². The molecule has 0 aliphatic rings. The molecule has 0 aliphatic heterocycles. The van der Waals surface area contributed by atoms with Crippen LogP contribution in [-0.2, 0) is 4.79 Å². The van der Waals surface area contributed by atoms with Gasteiger partial charge in [-0.3, -0.25) is 4.79 Å². The van der Waals surface area contributed by atoms with Gasteiger partial charge in [-0.15, -0.1) is 0 Å². The molecule has 0 saturated carbocycles. The summed E-state index contributed by atoms with van der Waals surface area (Å²) in [7, 11) is 0. The van der Waals surface area contributed by atoms with Crippen LogP contribution in [0.4, 0.5) is 5.69 Å². The fourth-order valence-electron chi connectivity index (χ4n) is 2.61. The van der Waals surface area contributed by atoms with Crippen LogP contribution in [0.3, 0.4) is 0 Å². The Hall–Kier alpha value is -2.05. The highest BCUT2D eigenvalue weighted by atomic mass is 32.2. The summed E-state index contributed by atoms with van der Waals surface area (Å²) in [5.41, 5.74) is 1.59. The van der Waals surface area contributed by atoms with Gasteiger partial charge in [-0.1, -0.05) is 66.4 Å². The summed E-state index contributed by atoms with van der Waals surface area (Å²) in [4.78, 5) is 15.2. The number of benzene rings is 2. The Morgan fingerprint density at radius 3 is 2.33 bits per heavy atom. The van der Waals surface area contributed by atoms with E-state index in [4.69, 9.17) is 17.0 Å². The average Bonchev–Trinajstić information content (AvgIpc) is 2.69. The number of ether oxygens (including phenoxy) is 1. The van der Waals surface area contributed by atoms with Crippen molar-refractivity contribution in [2.45, 2.75) is 26.0 Å². The second-order valence-electron chi connectivity index (χ2n) is 5.77. The number of para-hydroxylation sites is 2. The number of hydrogen-bond acceptors (Lipinski definition) is 4. The summed E-state index contributed by atoms with van der Waals surface area (Å²) in [6.07, 6.45) is 0. The number of thiocarbonyl (C=S) groups is 1. The highest BCUT2D eigenvalue weighted by molar-refractivity contribution is 8.23. The zero-order chi connectivity index (χ0) is 19.6. The maximum absolute atomic E-state index is 13.1. The Morgan fingerprint density at radius 1 is 1.07 bits per heavy atom. The molecule has 0 fully saturated rings. The lowest BCUT2D eigenvalue weighted by molar-refractivity contribution is -0.115. The number of thioether (sulfide) groups is 1. The van der Waals surface area contributed by atoms with Gasteiger partial charge in [-0.05, 0) is 38.5 Å². The molecular formula is C21H26N2O2S2. The zero-order valence-corrected chi connectivity index (χ0v) is 17.6. The molecule has 144 valence electrons. The van der Waals surface area contributed by atoms with E-state index in [2.05, 4.69) is 24.1 Å². The Balaban J connectivity index is 2.25. The van der Waals surface area contributed by atoms with Crippen LogP contribution in [-0.4, -0.2) is 34.8 Å². The number of hydrogen-bond donors (Lipinski definition) is 1. The molecular weight excluding hydrogens is 376 g/mol. The van der Waals surface area contributed by atoms with Gasteiger partial charge in [0.15, 0.2) is 0 Å². The monoisotopic (exact) mass is 402 g/mol. The lowest BCUT2D eigenvalue weighted by Crippen LogP contribution is -2.29. The highest BCUT2D eigenvalue weighted by Crippen LogP contribution is 2.34. The second-order valence-corrected chi connectivity index (χ2v) is 7.50. The van der Waals surface area contributed by atoms with Crippen LogP contribution in [0.2, 0.25) is 0 Å². The quantitative estimate of drug-likeness (QED) is 0.620. The molecule has 2 rings (SSSR count). The maximum atomic E-state index is 13.1. The third-order valence-corrected chi connectivity index (χ3v) is 5.75. The van der Waals surface area contributed by atoms with Gasteiger partial charge in [-0.25, -0.2) is 0 Å². The van der Waals surface area contributed by atoms with E-state index in [1.165, 1.54) is 11.8 Å². The second kappa shape index (κ2) is 10.9. The van der Waals surface area contributed by atoms with Crippen molar-refractivity contribution >= 4 is 39.9 Å². The summed E-state index contributed by atoms with van der Waals surface area (Å²) in [6, 6.07) is 17.2. The number of rotatable bonds is 8. The number of carbonyl (C=O) groups is 1. The van der Waals surface area contributed by atoms with Crippen molar-refractivity contribution in [2.24, 2.45) is 0 Å². The van der Waals surface area contributed by atoms with Crippen molar-refractivity contribution in [2.75, 3.05) is 25.0 Å². The molecule has 27 heavy (non-hydrogen) atoms. The molecule has 0 radical (unpaired) electrons. The van der Waals surface area contributed by atoms with Gasteiger partial charge in [0, 0.05) is 13.1 Å². The first-order chi connectivity index (χ1) is 13.1. The zero-order valence-electron chi connectivity index (χ0n) is 16.0. The standard InChI is InChI=1S/C21H26N2O2S2/c1-4-23(5-2)21(26)27-19(16-12-8-7-9-13-16)20(24)22-17-14-10-11-15-18(17)25-6-3/h7-15,19H,4-6H2,1-3H3,(H,22,24)/t19-/m0/s1. The molecule has 6 heteroatoms. The van der Waals surface area contributed by atoms with Crippen molar-refractivity contribution in [1.82, 2.24) is 4.90 Å². The van der Waals surface area contributed by atoms with Crippen molar-refractivity contribution < 1.29 is 9.53 Å².